The van der Waals surface area contributed by atoms with Crippen molar-refractivity contribution in [3.8, 4) is 17.4 Å². The van der Waals surface area contributed by atoms with E-state index in [1.807, 2.05) is 0 Å². The standard InChI is InChI=1S/C23H20F3N9O2/c1-22(14-3-2-12(24)8-30-14)15-16(27)32-17(33-18(15)35(28)21(22)36)13-9-34-5-4-29-19(34)20(31-13)37-10-11-6-23(25,26)7-11/h2-5,8-9,11H,6-7,10,28H2,1H3,(H2,27,32,33). The quantitative estimate of drug-likeness (QED) is 0.304. The zero-order valence-corrected chi connectivity index (χ0v) is 19.4. The number of nitrogens with two attached hydrogens (primary N) is 2. The molecule has 37 heavy (non-hydrogen) atoms. The number of aromatic nitrogens is 6. The Morgan fingerprint density at radius 1 is 1.19 bits per heavy atom. The van der Waals surface area contributed by atoms with E-state index in [0.29, 0.717) is 5.65 Å². The van der Waals surface area contributed by atoms with Gasteiger partial charge in [0.05, 0.1) is 24.1 Å². The van der Waals surface area contributed by atoms with Crippen molar-refractivity contribution < 1.29 is 22.7 Å². The molecule has 190 valence electrons. The number of pyridine rings is 1. The number of hydrogen-bond donors (Lipinski definition) is 2. The fraction of sp³-hybridized carbons (Fsp3) is 0.304. The van der Waals surface area contributed by atoms with Crippen LogP contribution in [-0.4, -0.2) is 47.8 Å². The first-order valence-corrected chi connectivity index (χ1v) is 11.3. The molecule has 0 bridgehead atoms. The highest BCUT2D eigenvalue weighted by atomic mass is 19.3. The number of nitrogen functional groups attached to an aromatic ring is 1. The molecule has 0 saturated heterocycles. The summed E-state index contributed by atoms with van der Waals surface area (Å²) in [4.78, 5) is 34.8. The summed E-state index contributed by atoms with van der Waals surface area (Å²) in [5.41, 5.74) is 5.95. The molecule has 2 aliphatic rings. The monoisotopic (exact) mass is 511 g/mol. The van der Waals surface area contributed by atoms with Crippen molar-refractivity contribution in [1.29, 1.82) is 0 Å². The van der Waals surface area contributed by atoms with E-state index in [1.165, 1.54) is 18.3 Å². The third-order valence-corrected chi connectivity index (χ3v) is 6.74. The molecule has 6 rings (SSSR count). The van der Waals surface area contributed by atoms with Gasteiger partial charge in [0, 0.05) is 37.4 Å². The van der Waals surface area contributed by atoms with Gasteiger partial charge in [-0.15, -0.1) is 0 Å². The number of carbonyl (C=O) groups excluding carboxylic acids is 1. The number of alkyl halides is 2. The summed E-state index contributed by atoms with van der Waals surface area (Å²) in [6.07, 6.45) is 5.27. The van der Waals surface area contributed by atoms with Crippen LogP contribution in [0, 0.1) is 11.7 Å². The number of nitrogens with zero attached hydrogens (tertiary/aromatic N) is 7. The summed E-state index contributed by atoms with van der Waals surface area (Å²) < 4.78 is 47.3. The van der Waals surface area contributed by atoms with Crippen LogP contribution < -0.4 is 21.3 Å². The Morgan fingerprint density at radius 2 is 1.97 bits per heavy atom. The Bertz CT molecular complexity index is 1550. The van der Waals surface area contributed by atoms with Crippen LogP contribution in [0.4, 0.5) is 24.8 Å². The lowest BCUT2D eigenvalue weighted by Crippen LogP contribution is -2.43. The van der Waals surface area contributed by atoms with E-state index in [0.717, 1.165) is 11.2 Å². The summed E-state index contributed by atoms with van der Waals surface area (Å²) in [6, 6.07) is 2.56. The van der Waals surface area contributed by atoms with Gasteiger partial charge in [-0.1, -0.05) is 0 Å². The molecule has 1 amide bonds. The summed E-state index contributed by atoms with van der Waals surface area (Å²) in [6.45, 7) is 1.61. The van der Waals surface area contributed by atoms with Gasteiger partial charge in [-0.3, -0.25) is 9.78 Å². The number of imidazole rings is 1. The molecule has 1 atom stereocenters. The molecular weight excluding hydrogens is 491 g/mol. The molecule has 0 radical (unpaired) electrons. The predicted molar refractivity (Wildman–Crippen MR) is 124 cm³/mol. The molecule has 1 aliphatic heterocycles. The van der Waals surface area contributed by atoms with Gasteiger partial charge in [0.25, 0.3) is 11.8 Å². The van der Waals surface area contributed by atoms with Crippen molar-refractivity contribution in [3.63, 3.8) is 0 Å². The van der Waals surface area contributed by atoms with Crippen LogP contribution in [0.1, 0.15) is 31.0 Å². The van der Waals surface area contributed by atoms with Crippen molar-refractivity contribution in [2.24, 2.45) is 11.8 Å². The number of fused-ring (bicyclic) bond motifs is 2. The first kappa shape index (κ1) is 23.1. The Kier molecular flexibility index (Phi) is 4.89. The topological polar surface area (TPSA) is 150 Å². The molecule has 1 saturated carbocycles. The largest absolute Gasteiger partial charge is 0.475 e. The van der Waals surface area contributed by atoms with Gasteiger partial charge in [-0.2, -0.15) is 0 Å². The third-order valence-electron chi connectivity index (χ3n) is 6.74. The molecule has 1 aliphatic carbocycles. The van der Waals surface area contributed by atoms with Gasteiger partial charge >= 0.3 is 0 Å². The molecule has 0 aromatic carbocycles. The Morgan fingerprint density at radius 3 is 2.68 bits per heavy atom. The van der Waals surface area contributed by atoms with Crippen molar-refractivity contribution in [1.82, 2.24) is 29.3 Å². The van der Waals surface area contributed by atoms with Gasteiger partial charge < -0.3 is 14.9 Å². The fourth-order valence-corrected chi connectivity index (χ4v) is 4.79. The predicted octanol–water partition coefficient (Wildman–Crippen LogP) is 2.25. The molecule has 4 N–H and O–H groups in total. The summed E-state index contributed by atoms with van der Waals surface area (Å²) >= 11 is 0. The summed E-state index contributed by atoms with van der Waals surface area (Å²) in [7, 11) is 0. The smallest absolute Gasteiger partial charge is 0.259 e. The maximum absolute atomic E-state index is 13.5. The minimum absolute atomic E-state index is 0.0402. The SMILES string of the molecule is CC1(c2ccc(F)cn2)C(=O)N(N)c2nc(-c3cn4ccnc4c(OCC4CC(F)(F)C4)n3)nc(N)c21. The second-order valence-corrected chi connectivity index (χ2v) is 9.32. The van der Waals surface area contributed by atoms with Gasteiger partial charge in [0.1, 0.15) is 22.7 Å². The number of rotatable bonds is 5. The zero-order chi connectivity index (χ0) is 26.1. The highest BCUT2D eigenvalue weighted by molar-refractivity contribution is 6.09. The van der Waals surface area contributed by atoms with Crippen LogP contribution in [0.2, 0.25) is 0 Å². The lowest BCUT2D eigenvalue weighted by Gasteiger charge is -2.34. The van der Waals surface area contributed by atoms with Crippen molar-refractivity contribution in [2.45, 2.75) is 31.1 Å². The van der Waals surface area contributed by atoms with E-state index in [1.54, 1.807) is 23.7 Å². The van der Waals surface area contributed by atoms with E-state index in [2.05, 4.69) is 24.9 Å². The minimum Gasteiger partial charge on any atom is -0.475 e. The lowest BCUT2D eigenvalue weighted by molar-refractivity contribution is -0.121. The molecule has 4 aromatic rings. The zero-order valence-electron chi connectivity index (χ0n) is 19.4. The second kappa shape index (κ2) is 7.83. The van der Waals surface area contributed by atoms with Crippen LogP contribution in [0.5, 0.6) is 5.88 Å². The highest BCUT2D eigenvalue weighted by Gasteiger charge is 2.52. The molecule has 11 nitrogen and oxygen atoms in total. The Labute approximate surface area is 207 Å². The second-order valence-electron chi connectivity index (χ2n) is 9.32. The van der Waals surface area contributed by atoms with Crippen LogP contribution in [0.25, 0.3) is 17.2 Å². The van der Waals surface area contributed by atoms with Crippen molar-refractivity contribution >= 4 is 23.2 Å². The summed E-state index contributed by atoms with van der Waals surface area (Å²) in [5, 5.41) is 0.853. The Balaban J connectivity index is 1.40. The number of ether oxygens (including phenoxy) is 1. The van der Waals surface area contributed by atoms with E-state index in [4.69, 9.17) is 16.3 Å². The normalized spacial score (nSPS) is 20.8. The number of amides is 1. The molecule has 0 spiro atoms. The Hall–Kier alpha value is -4.33. The van der Waals surface area contributed by atoms with Gasteiger partial charge in [-0.25, -0.2) is 44.0 Å². The minimum atomic E-state index is -2.66. The van der Waals surface area contributed by atoms with Crippen LogP contribution in [0.15, 0.2) is 36.9 Å². The molecule has 4 aromatic heterocycles. The lowest BCUT2D eigenvalue weighted by atomic mass is 9.81. The van der Waals surface area contributed by atoms with E-state index in [9.17, 15) is 18.0 Å². The van der Waals surface area contributed by atoms with Gasteiger partial charge in [0.15, 0.2) is 11.6 Å². The van der Waals surface area contributed by atoms with Gasteiger partial charge in [0.2, 0.25) is 11.6 Å². The van der Waals surface area contributed by atoms with E-state index < -0.39 is 23.1 Å². The maximum Gasteiger partial charge on any atom is 0.259 e. The number of halogens is 3. The van der Waals surface area contributed by atoms with Crippen LogP contribution in [-0.2, 0) is 10.2 Å². The first-order chi connectivity index (χ1) is 17.6. The number of hydrazine groups is 1. The molecular formula is C23H20F3N9O2. The number of hydrogen-bond acceptors (Lipinski definition) is 9. The molecule has 1 unspecified atom stereocenters. The third kappa shape index (κ3) is 3.55. The average molecular weight is 511 g/mol. The first-order valence-electron chi connectivity index (χ1n) is 11.3. The summed E-state index contributed by atoms with van der Waals surface area (Å²) in [5.74, 6) is 2.17. The number of carbonyl (C=O) groups is 1. The van der Waals surface area contributed by atoms with Crippen molar-refractivity contribution in [2.75, 3.05) is 17.3 Å². The molecule has 1 fully saturated rings. The fourth-order valence-electron chi connectivity index (χ4n) is 4.79. The highest BCUT2D eigenvalue weighted by Crippen LogP contribution is 2.46. The average Bonchev–Trinajstić information content (AvgIpc) is 3.40. The number of anilines is 2. The van der Waals surface area contributed by atoms with Crippen molar-refractivity contribution in [3.05, 3.63) is 54.0 Å². The van der Waals surface area contributed by atoms with E-state index in [-0.39, 0.29) is 65.7 Å². The molecule has 14 heteroatoms. The van der Waals surface area contributed by atoms with Crippen LogP contribution >= 0.6 is 0 Å². The van der Waals surface area contributed by atoms with Crippen LogP contribution in [0.3, 0.4) is 0 Å². The maximum atomic E-state index is 13.5. The van der Waals surface area contributed by atoms with E-state index >= 15 is 0 Å². The van der Waals surface area contributed by atoms with Gasteiger partial charge in [-0.05, 0) is 19.1 Å². The molecule has 5 heterocycles.